The summed E-state index contributed by atoms with van der Waals surface area (Å²) >= 11 is 0. The first-order chi connectivity index (χ1) is 17.9. The molecule has 1 aliphatic rings. The lowest BCUT2D eigenvalue weighted by molar-refractivity contribution is -0.144. The molecule has 2 unspecified atom stereocenters. The van der Waals surface area contributed by atoms with Crippen LogP contribution in [-0.4, -0.2) is 17.9 Å². The van der Waals surface area contributed by atoms with Gasteiger partial charge in [-0.3, -0.25) is 14.4 Å². The molecule has 2 rings (SSSR count). The van der Waals surface area contributed by atoms with Crippen molar-refractivity contribution in [2.45, 2.75) is 111 Å². The Kier molecular flexibility index (Phi) is 11.1. The van der Waals surface area contributed by atoms with Crippen LogP contribution in [0.4, 0.5) is 0 Å². The Balaban J connectivity index is 2.96. The van der Waals surface area contributed by atoms with E-state index in [9.17, 15) is 14.4 Å². The van der Waals surface area contributed by atoms with E-state index in [1.165, 1.54) is 26.3 Å². The number of ether oxygens (including phenoxy) is 3. The summed E-state index contributed by atoms with van der Waals surface area (Å²) in [4.78, 5) is 37.1. The van der Waals surface area contributed by atoms with Crippen LogP contribution >= 0.6 is 0 Å². The number of carbonyl (C=O) groups excluding carboxylic acids is 3. The zero-order valence-electron chi connectivity index (χ0n) is 24.4. The third kappa shape index (κ3) is 7.92. The first kappa shape index (κ1) is 31.1. The predicted octanol–water partition coefficient (Wildman–Crippen LogP) is 7.96. The van der Waals surface area contributed by atoms with E-state index in [1.807, 2.05) is 25.1 Å². The van der Waals surface area contributed by atoms with Crippen molar-refractivity contribution in [1.29, 1.82) is 0 Å². The average molecular weight is 525 g/mol. The van der Waals surface area contributed by atoms with Gasteiger partial charge < -0.3 is 14.2 Å². The molecule has 6 heteroatoms. The Morgan fingerprint density at radius 1 is 1.00 bits per heavy atom. The summed E-state index contributed by atoms with van der Waals surface area (Å²) in [6.45, 7) is 18.3. The monoisotopic (exact) mass is 524 g/mol. The molecule has 1 saturated carbocycles. The molecule has 6 nitrogen and oxygen atoms in total. The number of benzene rings is 1. The van der Waals surface area contributed by atoms with Gasteiger partial charge >= 0.3 is 17.9 Å². The Bertz CT molecular complexity index is 1120. The number of hydrogen-bond acceptors (Lipinski definition) is 6. The second kappa shape index (κ2) is 13.6. The smallest absolute Gasteiger partial charge is 0.308 e. The van der Waals surface area contributed by atoms with Gasteiger partial charge in [0.2, 0.25) is 0 Å². The van der Waals surface area contributed by atoms with Crippen LogP contribution < -0.4 is 9.47 Å². The van der Waals surface area contributed by atoms with Gasteiger partial charge in [-0.1, -0.05) is 37.1 Å². The Morgan fingerprint density at radius 3 is 2.08 bits per heavy atom. The van der Waals surface area contributed by atoms with Gasteiger partial charge in [0.1, 0.15) is 11.5 Å². The summed E-state index contributed by atoms with van der Waals surface area (Å²) < 4.78 is 17.5. The van der Waals surface area contributed by atoms with E-state index < -0.39 is 24.0 Å². The molecule has 0 radical (unpaired) electrons. The highest BCUT2D eigenvalue weighted by Gasteiger charge is 2.48. The summed E-state index contributed by atoms with van der Waals surface area (Å²) in [5.74, 6) is -1.01. The summed E-state index contributed by atoms with van der Waals surface area (Å²) in [5.41, 5.74) is 4.26. The summed E-state index contributed by atoms with van der Waals surface area (Å²) in [5, 5.41) is 0. The molecule has 1 aromatic carbocycles. The molecule has 0 aromatic heterocycles. The number of allylic oxidation sites excluding steroid dienone is 4. The number of hydrogen-bond donors (Lipinski definition) is 0. The molecule has 38 heavy (non-hydrogen) atoms. The molecule has 0 spiro atoms. The van der Waals surface area contributed by atoms with Gasteiger partial charge in [-0.05, 0) is 82.4 Å². The first-order valence-electron chi connectivity index (χ1n) is 13.6. The third-order valence-electron chi connectivity index (χ3n) is 7.10. The van der Waals surface area contributed by atoms with Crippen LogP contribution in [0.25, 0.3) is 0 Å². The fourth-order valence-corrected chi connectivity index (χ4v) is 5.00. The van der Waals surface area contributed by atoms with E-state index >= 15 is 0 Å². The molecule has 208 valence electrons. The number of rotatable bonds is 13. The second-order valence-electron chi connectivity index (χ2n) is 10.5. The van der Waals surface area contributed by atoms with Crippen LogP contribution in [0.15, 0.2) is 42.0 Å². The highest BCUT2D eigenvalue weighted by atomic mass is 16.6. The molecule has 1 fully saturated rings. The Morgan fingerprint density at radius 2 is 1.63 bits per heavy atom. The maximum Gasteiger partial charge on any atom is 0.308 e. The van der Waals surface area contributed by atoms with Gasteiger partial charge in [0.15, 0.2) is 6.10 Å². The van der Waals surface area contributed by atoms with Gasteiger partial charge in [0.25, 0.3) is 0 Å². The third-order valence-corrected chi connectivity index (χ3v) is 7.10. The Hall–Kier alpha value is -3.15. The van der Waals surface area contributed by atoms with Crippen molar-refractivity contribution in [2.24, 2.45) is 0 Å². The van der Waals surface area contributed by atoms with Crippen molar-refractivity contribution in [3.8, 4) is 11.5 Å². The normalized spacial score (nSPS) is 15.6. The highest BCUT2D eigenvalue weighted by Crippen LogP contribution is 2.59. The highest BCUT2D eigenvalue weighted by molar-refractivity contribution is 5.76. The van der Waals surface area contributed by atoms with E-state index in [0.717, 1.165) is 55.2 Å². The molecule has 0 heterocycles. The van der Waals surface area contributed by atoms with Crippen molar-refractivity contribution < 1.29 is 28.6 Å². The van der Waals surface area contributed by atoms with Gasteiger partial charge in [-0.2, -0.15) is 0 Å². The Labute approximate surface area is 228 Å². The van der Waals surface area contributed by atoms with Crippen LogP contribution in [0.2, 0.25) is 0 Å². The molecular formula is C32H44O6. The van der Waals surface area contributed by atoms with Gasteiger partial charge in [0, 0.05) is 32.3 Å². The second-order valence-corrected chi connectivity index (χ2v) is 10.5. The minimum absolute atomic E-state index is 0.0415. The lowest BCUT2D eigenvalue weighted by atomic mass is 9.80. The maximum atomic E-state index is 12.5. The number of esters is 3. The molecule has 1 aromatic rings. The minimum Gasteiger partial charge on any atom is -0.453 e. The van der Waals surface area contributed by atoms with E-state index in [0.29, 0.717) is 11.3 Å². The van der Waals surface area contributed by atoms with E-state index in [2.05, 4.69) is 40.3 Å². The van der Waals surface area contributed by atoms with Gasteiger partial charge in [-0.25, -0.2) is 0 Å². The fraction of sp³-hybridized carbons (Fsp3) is 0.531. The molecule has 0 aliphatic heterocycles. The van der Waals surface area contributed by atoms with Crippen molar-refractivity contribution in [1.82, 2.24) is 0 Å². The summed E-state index contributed by atoms with van der Waals surface area (Å²) in [6, 6.07) is 1.85. The van der Waals surface area contributed by atoms with Crippen LogP contribution in [-0.2, 0) is 24.5 Å². The lowest BCUT2D eigenvalue weighted by Gasteiger charge is -2.30. The quantitative estimate of drug-likeness (QED) is 0.148. The summed E-state index contributed by atoms with van der Waals surface area (Å²) in [7, 11) is 0. The molecule has 0 N–H and O–H groups in total. The van der Waals surface area contributed by atoms with Crippen LogP contribution in [0.3, 0.4) is 0 Å². The first-order valence-corrected chi connectivity index (χ1v) is 13.6. The number of carbonyl (C=O) groups is 3. The van der Waals surface area contributed by atoms with Gasteiger partial charge in [-0.15, -0.1) is 6.58 Å². The zero-order chi connectivity index (χ0) is 28.6. The summed E-state index contributed by atoms with van der Waals surface area (Å²) in [6.07, 6.45) is 10.1. The fourth-order valence-electron chi connectivity index (χ4n) is 5.00. The van der Waals surface area contributed by atoms with E-state index in [4.69, 9.17) is 14.2 Å². The predicted molar refractivity (Wildman–Crippen MR) is 150 cm³/mol. The largest absolute Gasteiger partial charge is 0.453 e. The van der Waals surface area contributed by atoms with Gasteiger partial charge in [0.05, 0.1) is 5.56 Å². The van der Waals surface area contributed by atoms with Crippen molar-refractivity contribution in [2.75, 3.05) is 0 Å². The topological polar surface area (TPSA) is 78.9 Å². The SMILES string of the molecule is C=CC(CC)c1cc(OC(C)=O)c(C(/C=C(\C)CCC=C(C)C)OC(C)=O)c(OC(C)=O)c1C1(CC)CC1. The van der Waals surface area contributed by atoms with Crippen molar-refractivity contribution in [3.05, 3.63) is 58.7 Å². The molecule has 0 saturated heterocycles. The molecule has 1 aliphatic carbocycles. The van der Waals surface area contributed by atoms with Crippen molar-refractivity contribution in [3.63, 3.8) is 0 Å². The molecule has 0 bridgehead atoms. The van der Waals surface area contributed by atoms with Crippen LogP contribution in [0.5, 0.6) is 11.5 Å². The molecule has 0 amide bonds. The van der Waals surface area contributed by atoms with Crippen LogP contribution in [0, 0.1) is 0 Å². The molecular weight excluding hydrogens is 480 g/mol. The lowest BCUT2D eigenvalue weighted by Crippen LogP contribution is -2.20. The average Bonchev–Trinajstić information content (AvgIpc) is 3.59. The standard InChI is InChI=1S/C32H44O6/c1-10-25(11-2)26-19-28(37-23(8)34)29(31(38-24(9)35)30(26)32(12-3)16-17-32)27(36-22(7)33)18-21(6)15-13-14-20(4)5/h10,14,18-19,25,27H,1,11-13,15-17H2,2-9H3/b21-18+. The zero-order valence-corrected chi connectivity index (χ0v) is 24.4. The van der Waals surface area contributed by atoms with E-state index in [-0.39, 0.29) is 17.1 Å². The molecule has 2 atom stereocenters. The maximum absolute atomic E-state index is 12.5. The minimum atomic E-state index is -0.910. The van der Waals surface area contributed by atoms with E-state index in [1.54, 1.807) is 0 Å². The van der Waals surface area contributed by atoms with Crippen LogP contribution in [0.1, 0.15) is 123 Å². The van der Waals surface area contributed by atoms with Crippen molar-refractivity contribution >= 4 is 17.9 Å².